The summed E-state index contributed by atoms with van der Waals surface area (Å²) in [6.45, 7) is 7.99. The van der Waals surface area contributed by atoms with E-state index in [1.165, 1.54) is 0 Å². The monoisotopic (exact) mass is 385 g/mol. The Morgan fingerprint density at radius 1 is 1.20 bits per heavy atom. The molecule has 0 bridgehead atoms. The number of carbonyl (C=O) groups is 1. The minimum absolute atomic E-state index is 0.00104. The Labute approximate surface area is 127 Å². The topological polar surface area (TPSA) is 38.3 Å². The number of hydrogen-bond acceptors (Lipinski definition) is 2. The van der Waals surface area contributed by atoms with Crippen LogP contribution in [0.1, 0.15) is 36.7 Å². The molecule has 0 aliphatic rings. The Morgan fingerprint density at radius 2 is 1.75 bits per heavy atom. The molecule has 0 saturated heterocycles. The first-order valence-electron chi connectivity index (χ1n) is 6.97. The van der Waals surface area contributed by atoms with Crippen LogP contribution in [0.15, 0.2) is 12.1 Å². The van der Waals surface area contributed by atoms with Gasteiger partial charge in [0, 0.05) is 0 Å². The summed E-state index contributed by atoms with van der Waals surface area (Å²) in [4.78, 5) is 19.5. The SMILES string of the molecule is COc1cc(C)cc(C(=O)NC(C)(C)C)[c]1[Sn]([CH3])([CH3])[CH3]. The van der Waals surface area contributed by atoms with E-state index in [-0.39, 0.29) is 11.4 Å². The van der Waals surface area contributed by atoms with Crippen molar-refractivity contribution in [2.75, 3.05) is 7.11 Å². The van der Waals surface area contributed by atoms with Gasteiger partial charge in [0.05, 0.1) is 0 Å². The van der Waals surface area contributed by atoms with Crippen molar-refractivity contribution in [3.8, 4) is 5.75 Å². The molecule has 112 valence electrons. The Hall–Kier alpha value is -0.711. The molecule has 4 heteroatoms. The third-order valence-corrected chi connectivity index (χ3v) is 8.70. The number of carbonyl (C=O) groups excluding carboxylic acids is 1. The molecule has 1 aromatic rings. The van der Waals surface area contributed by atoms with Gasteiger partial charge in [-0.25, -0.2) is 0 Å². The Kier molecular flexibility index (Phi) is 5.17. The maximum absolute atomic E-state index is 12.6. The van der Waals surface area contributed by atoms with Crippen molar-refractivity contribution in [1.29, 1.82) is 0 Å². The predicted octanol–water partition coefficient (Wildman–Crippen LogP) is 3.08. The number of benzene rings is 1. The molecule has 1 rings (SSSR count). The summed E-state index contributed by atoms with van der Waals surface area (Å²) >= 11 is -2.47. The van der Waals surface area contributed by atoms with Gasteiger partial charge in [-0.05, 0) is 0 Å². The fourth-order valence-electron chi connectivity index (χ4n) is 2.27. The van der Waals surface area contributed by atoms with Crippen LogP contribution in [0.25, 0.3) is 0 Å². The van der Waals surface area contributed by atoms with Crippen molar-refractivity contribution in [3.63, 3.8) is 0 Å². The molecule has 1 N–H and O–H groups in total. The molecule has 0 radical (unpaired) electrons. The summed E-state index contributed by atoms with van der Waals surface area (Å²) in [7, 11) is 1.68. The van der Waals surface area contributed by atoms with Gasteiger partial charge in [-0.15, -0.1) is 0 Å². The number of nitrogens with one attached hydrogen (secondary N) is 1. The first-order chi connectivity index (χ1) is 8.95. The molecule has 0 aliphatic heterocycles. The van der Waals surface area contributed by atoms with Gasteiger partial charge in [-0.2, -0.15) is 0 Å². The molecule has 0 aliphatic carbocycles. The summed E-state index contributed by atoms with van der Waals surface area (Å²) in [6.07, 6.45) is 0. The van der Waals surface area contributed by atoms with Crippen LogP contribution in [-0.2, 0) is 0 Å². The fraction of sp³-hybridized carbons (Fsp3) is 0.562. The van der Waals surface area contributed by atoms with Crippen LogP contribution in [0, 0.1) is 6.92 Å². The summed E-state index contributed by atoms with van der Waals surface area (Å²) < 4.78 is 6.71. The zero-order valence-corrected chi connectivity index (χ0v) is 16.8. The van der Waals surface area contributed by atoms with Crippen LogP contribution in [0.3, 0.4) is 0 Å². The molecule has 0 unspecified atom stereocenters. The molecule has 1 aromatic carbocycles. The van der Waals surface area contributed by atoms with Gasteiger partial charge in [0.1, 0.15) is 0 Å². The molecule has 0 heterocycles. The van der Waals surface area contributed by atoms with Crippen LogP contribution in [-0.4, -0.2) is 36.9 Å². The number of rotatable bonds is 3. The van der Waals surface area contributed by atoms with Gasteiger partial charge >= 0.3 is 127 Å². The molecule has 0 saturated carbocycles. The van der Waals surface area contributed by atoms with Crippen molar-refractivity contribution in [1.82, 2.24) is 5.32 Å². The number of aryl methyl sites for hydroxylation is 1. The zero-order valence-electron chi connectivity index (χ0n) is 14.0. The third kappa shape index (κ3) is 4.40. The van der Waals surface area contributed by atoms with Gasteiger partial charge in [-0.1, -0.05) is 0 Å². The average Bonchev–Trinajstić information content (AvgIpc) is 2.23. The second kappa shape index (κ2) is 5.96. The van der Waals surface area contributed by atoms with Crippen LogP contribution < -0.4 is 13.6 Å². The summed E-state index contributed by atoms with van der Waals surface area (Å²) in [6, 6.07) is 4.02. The standard InChI is InChI=1S/C13H18NO2.3CH3.Sn/c1-9-6-10(8-11(7-9)16-5)12(15)14-13(2,3)4;;;;/h6-7H,1-5H3,(H,14,15);3*1H3;. The molecule has 0 atom stereocenters. The van der Waals surface area contributed by atoms with Crippen molar-refractivity contribution in [2.45, 2.75) is 48.1 Å². The van der Waals surface area contributed by atoms with E-state index in [1.807, 2.05) is 39.8 Å². The summed E-state index contributed by atoms with van der Waals surface area (Å²) in [5, 5.41) is 3.07. The predicted molar refractivity (Wildman–Crippen MR) is 87.9 cm³/mol. The second-order valence-electron chi connectivity index (χ2n) is 7.34. The van der Waals surface area contributed by atoms with Crippen molar-refractivity contribution in [3.05, 3.63) is 23.3 Å². The van der Waals surface area contributed by atoms with Crippen LogP contribution in [0.4, 0.5) is 0 Å². The van der Waals surface area contributed by atoms with Crippen molar-refractivity contribution in [2.24, 2.45) is 0 Å². The second-order valence-corrected chi connectivity index (χ2v) is 21.6. The minimum atomic E-state index is -2.47. The molecular weight excluding hydrogens is 357 g/mol. The number of ether oxygens (including phenoxy) is 1. The average molecular weight is 384 g/mol. The van der Waals surface area contributed by atoms with Crippen molar-refractivity contribution >= 4 is 27.9 Å². The van der Waals surface area contributed by atoms with E-state index in [9.17, 15) is 4.79 Å². The number of amides is 1. The Balaban J connectivity index is 3.45. The fourth-order valence-corrected chi connectivity index (χ4v) is 7.72. The molecule has 0 spiro atoms. The summed E-state index contributed by atoms with van der Waals surface area (Å²) in [5.41, 5.74) is 1.61. The van der Waals surface area contributed by atoms with Gasteiger partial charge in [0.15, 0.2) is 0 Å². The van der Waals surface area contributed by atoms with E-state index < -0.39 is 18.4 Å². The normalized spacial score (nSPS) is 12.2. The molecule has 0 fully saturated rings. The third-order valence-electron chi connectivity index (χ3n) is 2.95. The molecule has 1 amide bonds. The van der Waals surface area contributed by atoms with Gasteiger partial charge < -0.3 is 0 Å². The van der Waals surface area contributed by atoms with E-state index >= 15 is 0 Å². The van der Waals surface area contributed by atoms with E-state index in [4.69, 9.17) is 4.74 Å². The van der Waals surface area contributed by atoms with Gasteiger partial charge in [0.25, 0.3) is 0 Å². The van der Waals surface area contributed by atoms with E-state index in [2.05, 4.69) is 20.1 Å². The van der Waals surface area contributed by atoms with Crippen LogP contribution in [0.2, 0.25) is 14.8 Å². The first kappa shape index (κ1) is 17.3. The quantitative estimate of drug-likeness (QED) is 0.814. The van der Waals surface area contributed by atoms with Crippen LogP contribution in [0.5, 0.6) is 5.75 Å². The van der Waals surface area contributed by atoms with Crippen molar-refractivity contribution < 1.29 is 9.53 Å². The summed E-state index contributed by atoms with van der Waals surface area (Å²) in [5.74, 6) is 0.869. The molecule has 0 aromatic heterocycles. The molecule has 20 heavy (non-hydrogen) atoms. The zero-order chi connectivity index (χ0) is 15.7. The number of methoxy groups -OCH3 is 1. The Morgan fingerprint density at radius 3 is 2.15 bits per heavy atom. The van der Waals surface area contributed by atoms with E-state index in [0.717, 1.165) is 20.5 Å². The molecular formula is C16H27NO2Sn. The van der Waals surface area contributed by atoms with Gasteiger partial charge in [-0.3, -0.25) is 0 Å². The van der Waals surface area contributed by atoms with E-state index in [0.29, 0.717) is 0 Å². The first-order valence-corrected chi connectivity index (χ1v) is 17.0. The van der Waals surface area contributed by atoms with E-state index in [1.54, 1.807) is 7.11 Å². The van der Waals surface area contributed by atoms with Gasteiger partial charge in [0.2, 0.25) is 0 Å². The molecule has 3 nitrogen and oxygen atoms in total. The maximum atomic E-state index is 12.6. The Bertz CT molecular complexity index is 510. The number of hydrogen-bond donors (Lipinski definition) is 1. The van der Waals surface area contributed by atoms with Crippen LogP contribution >= 0.6 is 0 Å².